The van der Waals surface area contributed by atoms with Gasteiger partial charge in [-0.05, 0) is 43.9 Å². The number of sulfonamides is 1. The highest BCUT2D eigenvalue weighted by atomic mass is 35.5. The first-order chi connectivity index (χ1) is 9.32. The Kier molecular flexibility index (Phi) is 4.69. The predicted molar refractivity (Wildman–Crippen MR) is 76.5 cm³/mol. The third-order valence-corrected chi connectivity index (χ3v) is 5.81. The summed E-state index contributed by atoms with van der Waals surface area (Å²) in [5.41, 5.74) is 5.85. The maximum Gasteiger partial charge on any atom is 0.245 e. The van der Waals surface area contributed by atoms with E-state index in [1.165, 1.54) is 16.4 Å². The molecule has 0 saturated carbocycles. The van der Waals surface area contributed by atoms with Crippen molar-refractivity contribution < 1.29 is 12.8 Å². The van der Waals surface area contributed by atoms with Gasteiger partial charge in [0.1, 0.15) is 10.7 Å². The van der Waals surface area contributed by atoms with Crippen LogP contribution < -0.4 is 5.73 Å². The molecule has 1 aliphatic rings. The van der Waals surface area contributed by atoms with Crippen molar-refractivity contribution in [3.05, 3.63) is 29.0 Å². The standard InChI is InChI=1S/C13H18ClFN2O2S/c1-9(16)10-3-2-6-17(8-10)20(18,19)13-5-4-11(14)7-12(13)15/h4-5,7,9-10H,2-3,6,8,16H2,1H3/t9-,10+/m0/s1. The number of nitrogens with two attached hydrogens (primary N) is 1. The van der Waals surface area contributed by atoms with Gasteiger partial charge in [-0.1, -0.05) is 11.6 Å². The molecular formula is C13H18ClFN2O2S. The summed E-state index contributed by atoms with van der Waals surface area (Å²) in [6.45, 7) is 2.60. The second-order valence-corrected chi connectivity index (χ2v) is 7.54. The van der Waals surface area contributed by atoms with Crippen LogP contribution >= 0.6 is 11.6 Å². The summed E-state index contributed by atoms with van der Waals surface area (Å²) in [6.07, 6.45) is 1.63. The van der Waals surface area contributed by atoms with Crippen LogP contribution in [-0.2, 0) is 10.0 Å². The molecule has 0 radical (unpaired) electrons. The highest BCUT2D eigenvalue weighted by Gasteiger charge is 2.33. The van der Waals surface area contributed by atoms with E-state index >= 15 is 0 Å². The van der Waals surface area contributed by atoms with Crippen molar-refractivity contribution in [1.29, 1.82) is 0 Å². The topological polar surface area (TPSA) is 63.4 Å². The van der Waals surface area contributed by atoms with Crippen molar-refractivity contribution in [1.82, 2.24) is 4.31 Å². The van der Waals surface area contributed by atoms with Gasteiger partial charge < -0.3 is 5.73 Å². The molecule has 1 aromatic rings. The fourth-order valence-corrected chi connectivity index (χ4v) is 4.18. The zero-order valence-corrected chi connectivity index (χ0v) is 12.8. The van der Waals surface area contributed by atoms with E-state index < -0.39 is 15.8 Å². The zero-order chi connectivity index (χ0) is 14.9. The average molecular weight is 321 g/mol. The number of nitrogens with zero attached hydrogens (tertiary/aromatic N) is 1. The Bertz CT molecular complexity index is 592. The van der Waals surface area contributed by atoms with E-state index in [1.807, 2.05) is 6.92 Å². The highest BCUT2D eigenvalue weighted by Crippen LogP contribution is 2.27. The summed E-state index contributed by atoms with van der Waals surface area (Å²) in [4.78, 5) is -0.327. The second kappa shape index (κ2) is 5.97. The summed E-state index contributed by atoms with van der Waals surface area (Å²) in [7, 11) is -3.83. The lowest BCUT2D eigenvalue weighted by Gasteiger charge is -2.33. The fraction of sp³-hybridized carbons (Fsp3) is 0.538. The fourth-order valence-electron chi connectivity index (χ4n) is 2.44. The minimum atomic E-state index is -3.83. The largest absolute Gasteiger partial charge is 0.328 e. The van der Waals surface area contributed by atoms with Gasteiger partial charge in [0.05, 0.1) is 0 Å². The molecule has 1 fully saturated rings. The monoisotopic (exact) mass is 320 g/mol. The predicted octanol–water partition coefficient (Wildman–Crippen LogP) is 2.23. The lowest BCUT2D eigenvalue weighted by Crippen LogP contribution is -2.45. The van der Waals surface area contributed by atoms with Gasteiger partial charge >= 0.3 is 0 Å². The van der Waals surface area contributed by atoms with Crippen molar-refractivity contribution in [2.24, 2.45) is 11.7 Å². The minimum absolute atomic E-state index is 0.0805. The Hall–Kier alpha value is -0.690. The van der Waals surface area contributed by atoms with Gasteiger partial charge in [0.15, 0.2) is 0 Å². The molecule has 0 bridgehead atoms. The zero-order valence-electron chi connectivity index (χ0n) is 11.2. The van der Waals surface area contributed by atoms with Gasteiger partial charge in [-0.3, -0.25) is 0 Å². The Morgan fingerprint density at radius 3 is 2.80 bits per heavy atom. The average Bonchev–Trinajstić information content (AvgIpc) is 2.38. The van der Waals surface area contributed by atoms with Crippen molar-refractivity contribution in [3.8, 4) is 0 Å². The number of hydrogen-bond donors (Lipinski definition) is 1. The molecule has 2 atom stereocenters. The summed E-state index contributed by atoms with van der Waals surface area (Å²) < 4.78 is 40.1. The Morgan fingerprint density at radius 2 is 2.20 bits per heavy atom. The molecule has 1 aromatic carbocycles. The molecule has 2 rings (SSSR count). The normalized spacial score (nSPS) is 22.7. The third-order valence-electron chi connectivity index (χ3n) is 3.68. The van der Waals surface area contributed by atoms with Gasteiger partial charge in [0, 0.05) is 24.2 Å². The van der Waals surface area contributed by atoms with Crippen LogP contribution in [0.3, 0.4) is 0 Å². The lowest BCUT2D eigenvalue weighted by molar-refractivity contribution is 0.242. The summed E-state index contributed by atoms with van der Waals surface area (Å²) in [5.74, 6) is -0.714. The van der Waals surface area contributed by atoms with E-state index in [1.54, 1.807) is 0 Å². The van der Waals surface area contributed by atoms with Gasteiger partial charge in [-0.15, -0.1) is 0 Å². The second-order valence-electron chi connectivity index (χ2n) is 5.20. The van der Waals surface area contributed by atoms with Gasteiger partial charge in [0.2, 0.25) is 10.0 Å². The lowest BCUT2D eigenvalue weighted by atomic mass is 9.93. The molecule has 1 saturated heterocycles. The van der Waals surface area contributed by atoms with Crippen molar-refractivity contribution in [2.45, 2.75) is 30.7 Å². The molecule has 7 heteroatoms. The number of rotatable bonds is 3. The maximum atomic E-state index is 13.8. The van der Waals surface area contributed by atoms with Crippen LogP contribution in [0, 0.1) is 11.7 Å². The Labute approximate surface area is 123 Å². The van der Waals surface area contributed by atoms with E-state index in [2.05, 4.69) is 0 Å². The van der Waals surface area contributed by atoms with Crippen molar-refractivity contribution in [3.63, 3.8) is 0 Å². The van der Waals surface area contributed by atoms with E-state index in [0.717, 1.165) is 18.9 Å². The van der Waals surface area contributed by atoms with Crippen LogP contribution in [0.1, 0.15) is 19.8 Å². The molecule has 0 unspecified atom stereocenters. The number of hydrogen-bond acceptors (Lipinski definition) is 3. The van der Waals surface area contributed by atoms with Crippen LogP contribution in [0.2, 0.25) is 5.02 Å². The molecule has 1 heterocycles. The smallest absolute Gasteiger partial charge is 0.245 e. The molecule has 20 heavy (non-hydrogen) atoms. The van der Waals surface area contributed by atoms with Gasteiger partial charge in [-0.25, -0.2) is 12.8 Å². The van der Waals surface area contributed by atoms with Crippen molar-refractivity contribution >= 4 is 21.6 Å². The molecule has 0 amide bonds. The van der Waals surface area contributed by atoms with Crippen LogP contribution in [0.4, 0.5) is 4.39 Å². The SMILES string of the molecule is C[C@H](N)[C@@H]1CCCN(S(=O)(=O)c2ccc(Cl)cc2F)C1. The van der Waals surface area contributed by atoms with E-state index in [4.69, 9.17) is 17.3 Å². The molecule has 1 aliphatic heterocycles. The summed E-state index contributed by atoms with van der Waals surface area (Å²) >= 11 is 5.65. The first kappa shape index (κ1) is 15.7. The number of benzene rings is 1. The van der Waals surface area contributed by atoms with Gasteiger partial charge in [0.25, 0.3) is 0 Å². The van der Waals surface area contributed by atoms with Crippen molar-refractivity contribution in [2.75, 3.05) is 13.1 Å². The molecular weight excluding hydrogens is 303 g/mol. The van der Waals surface area contributed by atoms with E-state index in [0.29, 0.717) is 13.1 Å². The first-order valence-corrected chi connectivity index (χ1v) is 8.35. The van der Waals surface area contributed by atoms with Crippen LogP contribution in [-0.4, -0.2) is 31.9 Å². The molecule has 4 nitrogen and oxygen atoms in total. The number of piperidine rings is 1. The molecule has 112 valence electrons. The molecule has 2 N–H and O–H groups in total. The van der Waals surface area contributed by atoms with Gasteiger partial charge in [-0.2, -0.15) is 4.31 Å². The third kappa shape index (κ3) is 3.14. The number of halogens is 2. The molecule has 0 aliphatic carbocycles. The van der Waals surface area contributed by atoms with Crippen LogP contribution in [0.5, 0.6) is 0 Å². The Morgan fingerprint density at radius 1 is 1.50 bits per heavy atom. The van der Waals surface area contributed by atoms with Crippen LogP contribution in [0.15, 0.2) is 23.1 Å². The summed E-state index contributed by atoms with van der Waals surface area (Å²) in [6, 6.07) is 3.53. The molecule has 0 aromatic heterocycles. The van der Waals surface area contributed by atoms with E-state index in [-0.39, 0.29) is 21.9 Å². The maximum absolute atomic E-state index is 13.8. The van der Waals surface area contributed by atoms with Crippen LogP contribution in [0.25, 0.3) is 0 Å². The Balaban J connectivity index is 2.30. The minimum Gasteiger partial charge on any atom is -0.328 e. The van der Waals surface area contributed by atoms with E-state index in [9.17, 15) is 12.8 Å². The summed E-state index contributed by atoms with van der Waals surface area (Å²) in [5, 5.41) is 0.175. The molecule has 0 spiro atoms. The quantitative estimate of drug-likeness (QED) is 0.929. The first-order valence-electron chi connectivity index (χ1n) is 6.53. The highest BCUT2D eigenvalue weighted by molar-refractivity contribution is 7.89.